The van der Waals surface area contributed by atoms with Crippen molar-refractivity contribution in [1.29, 1.82) is 0 Å². The highest BCUT2D eigenvalue weighted by Crippen LogP contribution is 2.27. The van der Waals surface area contributed by atoms with Crippen LogP contribution in [0.3, 0.4) is 0 Å². The summed E-state index contributed by atoms with van der Waals surface area (Å²) < 4.78 is 13.5. The van der Waals surface area contributed by atoms with E-state index in [1.165, 1.54) is 34.8 Å². The third kappa shape index (κ3) is 4.39. The Labute approximate surface area is 168 Å². The predicted molar refractivity (Wildman–Crippen MR) is 111 cm³/mol. The molecule has 2 aromatic carbocycles. The molecule has 0 bridgehead atoms. The molecule has 0 radical (unpaired) electrons. The molecule has 1 atom stereocenters. The van der Waals surface area contributed by atoms with E-state index >= 15 is 0 Å². The van der Waals surface area contributed by atoms with Gasteiger partial charge in [-0.3, -0.25) is 14.9 Å². The molecule has 1 saturated heterocycles. The van der Waals surface area contributed by atoms with Crippen molar-refractivity contribution in [3.8, 4) is 0 Å². The summed E-state index contributed by atoms with van der Waals surface area (Å²) in [7, 11) is 0. The monoisotopic (exact) mass is 393 g/mol. The standard InChI is InChI=1S/C23H24FN3O2/c24-21(23(28)26-29)12-16-7-9-17(10-8-16)15-27-11-3-4-19(27)13-18-14-25-22-6-2-1-5-20(18)22/h1-2,5-10,12,14,19,25,29H,3-4,11,13,15H2,(H,26,28)/t19-/m1/s1. The number of aromatic amines is 1. The second-order valence-corrected chi connectivity index (χ2v) is 7.50. The average Bonchev–Trinajstić information content (AvgIpc) is 3.36. The number of hydroxylamine groups is 1. The fourth-order valence-electron chi connectivity index (χ4n) is 4.11. The van der Waals surface area contributed by atoms with Crippen LogP contribution in [0.2, 0.25) is 0 Å². The van der Waals surface area contributed by atoms with Crippen LogP contribution >= 0.6 is 0 Å². The second-order valence-electron chi connectivity index (χ2n) is 7.50. The van der Waals surface area contributed by atoms with Crippen molar-refractivity contribution in [2.75, 3.05) is 6.54 Å². The number of nitrogens with one attached hydrogen (secondary N) is 2. The molecule has 3 aromatic rings. The van der Waals surface area contributed by atoms with E-state index in [0.717, 1.165) is 31.1 Å². The number of nitrogens with zero attached hydrogens (tertiary/aromatic N) is 1. The fourth-order valence-corrected chi connectivity index (χ4v) is 4.11. The maximum atomic E-state index is 13.5. The number of rotatable bonds is 6. The molecule has 4 rings (SSSR count). The first-order valence-electron chi connectivity index (χ1n) is 9.83. The topological polar surface area (TPSA) is 68.4 Å². The van der Waals surface area contributed by atoms with Crippen LogP contribution in [0.25, 0.3) is 17.0 Å². The SMILES string of the molecule is O=C(NO)C(F)=Cc1ccc(CN2CCC[C@@H]2Cc2c[nH]c3ccccc23)cc1. The van der Waals surface area contributed by atoms with Crippen LogP contribution in [0.15, 0.2) is 60.6 Å². The van der Waals surface area contributed by atoms with Gasteiger partial charge in [0, 0.05) is 29.7 Å². The number of hydrogen-bond acceptors (Lipinski definition) is 3. The Bertz CT molecular complexity index is 1030. The molecule has 29 heavy (non-hydrogen) atoms. The van der Waals surface area contributed by atoms with Crippen molar-refractivity contribution in [3.63, 3.8) is 0 Å². The van der Waals surface area contributed by atoms with Gasteiger partial charge in [0.2, 0.25) is 0 Å². The summed E-state index contributed by atoms with van der Waals surface area (Å²) in [6.07, 6.45) is 6.62. The maximum Gasteiger partial charge on any atom is 0.303 e. The third-order valence-electron chi connectivity index (χ3n) is 5.61. The van der Waals surface area contributed by atoms with E-state index in [9.17, 15) is 9.18 Å². The molecule has 0 spiro atoms. The molecule has 5 nitrogen and oxygen atoms in total. The van der Waals surface area contributed by atoms with E-state index in [1.807, 2.05) is 18.2 Å². The molecule has 0 saturated carbocycles. The first-order valence-corrected chi connectivity index (χ1v) is 9.83. The lowest BCUT2D eigenvalue weighted by Gasteiger charge is -2.24. The number of amides is 1. The molecule has 1 fully saturated rings. The minimum atomic E-state index is -1.15. The van der Waals surface area contributed by atoms with Gasteiger partial charge in [-0.25, -0.2) is 9.87 Å². The Morgan fingerprint density at radius 3 is 2.83 bits per heavy atom. The highest BCUT2D eigenvalue weighted by molar-refractivity contribution is 5.94. The van der Waals surface area contributed by atoms with Gasteiger partial charge in [-0.1, -0.05) is 42.5 Å². The van der Waals surface area contributed by atoms with Crippen LogP contribution in [0.4, 0.5) is 4.39 Å². The van der Waals surface area contributed by atoms with Gasteiger partial charge >= 0.3 is 5.91 Å². The molecule has 6 heteroatoms. The van der Waals surface area contributed by atoms with E-state index in [2.05, 4.69) is 34.3 Å². The quantitative estimate of drug-likeness (QED) is 0.334. The zero-order valence-electron chi connectivity index (χ0n) is 16.1. The number of halogens is 1. The summed E-state index contributed by atoms with van der Waals surface area (Å²) in [6.45, 7) is 1.91. The summed E-state index contributed by atoms with van der Waals surface area (Å²) in [5, 5.41) is 9.77. The molecule has 0 unspecified atom stereocenters. The van der Waals surface area contributed by atoms with Crippen LogP contribution in [0, 0.1) is 0 Å². The average molecular weight is 393 g/mol. The third-order valence-corrected chi connectivity index (χ3v) is 5.61. The van der Waals surface area contributed by atoms with E-state index in [1.54, 1.807) is 12.1 Å². The number of hydrogen-bond donors (Lipinski definition) is 3. The molecule has 1 aromatic heterocycles. The molecular weight excluding hydrogens is 369 g/mol. The second kappa shape index (κ2) is 8.59. The minimum Gasteiger partial charge on any atom is -0.361 e. The molecule has 3 N–H and O–H groups in total. The Hall–Kier alpha value is -2.96. The van der Waals surface area contributed by atoms with Gasteiger partial charge in [-0.05, 0) is 54.6 Å². The van der Waals surface area contributed by atoms with Crippen LogP contribution in [0.1, 0.15) is 29.5 Å². The number of carbonyl (C=O) groups excluding carboxylic acids is 1. The van der Waals surface area contributed by atoms with Gasteiger partial charge < -0.3 is 4.98 Å². The molecule has 1 aliphatic rings. The lowest BCUT2D eigenvalue weighted by atomic mass is 10.0. The van der Waals surface area contributed by atoms with Gasteiger partial charge in [-0.2, -0.15) is 0 Å². The number of fused-ring (bicyclic) bond motifs is 1. The smallest absolute Gasteiger partial charge is 0.303 e. The number of aromatic nitrogens is 1. The number of H-pyrrole nitrogens is 1. The zero-order chi connectivity index (χ0) is 20.2. The van der Waals surface area contributed by atoms with Gasteiger partial charge in [0.15, 0.2) is 5.83 Å². The Morgan fingerprint density at radius 2 is 2.03 bits per heavy atom. The Balaban J connectivity index is 1.43. The van der Waals surface area contributed by atoms with Crippen molar-refractivity contribution in [1.82, 2.24) is 15.4 Å². The van der Waals surface area contributed by atoms with E-state index in [-0.39, 0.29) is 0 Å². The van der Waals surface area contributed by atoms with Crippen LogP contribution < -0.4 is 5.48 Å². The van der Waals surface area contributed by atoms with Crippen molar-refractivity contribution in [2.45, 2.75) is 31.8 Å². The normalized spacial score (nSPS) is 17.7. The van der Waals surface area contributed by atoms with Crippen molar-refractivity contribution < 1.29 is 14.4 Å². The summed E-state index contributed by atoms with van der Waals surface area (Å²) in [4.78, 5) is 16.9. The Morgan fingerprint density at radius 1 is 1.24 bits per heavy atom. The largest absolute Gasteiger partial charge is 0.361 e. The van der Waals surface area contributed by atoms with Crippen LogP contribution in [-0.4, -0.2) is 33.6 Å². The van der Waals surface area contributed by atoms with Crippen molar-refractivity contribution >= 4 is 22.9 Å². The first-order chi connectivity index (χ1) is 14.1. The summed E-state index contributed by atoms with van der Waals surface area (Å²) in [6, 6.07) is 16.4. The van der Waals surface area contributed by atoms with E-state index < -0.39 is 11.7 Å². The van der Waals surface area contributed by atoms with E-state index in [0.29, 0.717) is 11.6 Å². The van der Waals surface area contributed by atoms with Crippen molar-refractivity contribution in [3.05, 3.63) is 77.2 Å². The summed E-state index contributed by atoms with van der Waals surface area (Å²) in [5.74, 6) is -2.18. The number of likely N-dealkylation sites (tertiary alicyclic amines) is 1. The summed E-state index contributed by atoms with van der Waals surface area (Å²) >= 11 is 0. The number of benzene rings is 2. The van der Waals surface area contributed by atoms with Gasteiger partial charge in [-0.15, -0.1) is 0 Å². The minimum absolute atomic E-state index is 0.500. The van der Waals surface area contributed by atoms with Gasteiger partial charge in [0.25, 0.3) is 0 Å². The number of carbonyl (C=O) groups is 1. The molecule has 0 aliphatic carbocycles. The predicted octanol–water partition coefficient (Wildman–Crippen LogP) is 4.19. The maximum absolute atomic E-state index is 13.5. The highest BCUT2D eigenvalue weighted by atomic mass is 19.1. The first kappa shape index (κ1) is 19.4. The molecule has 1 amide bonds. The lowest BCUT2D eigenvalue weighted by molar-refractivity contribution is -0.126. The fraction of sp³-hybridized carbons (Fsp3) is 0.261. The molecule has 2 heterocycles. The van der Waals surface area contributed by atoms with Crippen molar-refractivity contribution in [2.24, 2.45) is 0 Å². The van der Waals surface area contributed by atoms with Crippen LogP contribution in [0.5, 0.6) is 0 Å². The van der Waals surface area contributed by atoms with Gasteiger partial charge in [0.1, 0.15) is 0 Å². The Kier molecular flexibility index (Phi) is 5.74. The summed E-state index contributed by atoms with van der Waals surface area (Å²) in [5.41, 5.74) is 5.55. The van der Waals surface area contributed by atoms with Gasteiger partial charge in [0.05, 0.1) is 0 Å². The molecular formula is C23H24FN3O2. The lowest BCUT2D eigenvalue weighted by Crippen LogP contribution is -2.30. The molecule has 150 valence electrons. The van der Waals surface area contributed by atoms with Crippen LogP contribution in [-0.2, 0) is 17.8 Å². The van der Waals surface area contributed by atoms with E-state index in [4.69, 9.17) is 5.21 Å². The zero-order valence-corrected chi connectivity index (χ0v) is 16.1. The highest BCUT2D eigenvalue weighted by Gasteiger charge is 2.25. The number of para-hydroxylation sites is 1. The molecule has 1 aliphatic heterocycles.